The van der Waals surface area contributed by atoms with Crippen LogP contribution in [0.3, 0.4) is 0 Å². The summed E-state index contributed by atoms with van der Waals surface area (Å²) in [7, 11) is -2.51. The molecule has 2 unspecified atom stereocenters. The van der Waals surface area contributed by atoms with Gasteiger partial charge in [-0.3, -0.25) is 4.57 Å². The molecule has 0 radical (unpaired) electrons. The Labute approximate surface area is 179 Å². The lowest BCUT2D eigenvalue weighted by molar-refractivity contribution is -0.200. The van der Waals surface area contributed by atoms with Crippen LogP contribution in [0, 0.1) is 0 Å². The van der Waals surface area contributed by atoms with Crippen molar-refractivity contribution in [1.82, 2.24) is 0 Å². The average Bonchev–Trinajstić information content (AvgIpc) is 2.71. The van der Waals surface area contributed by atoms with Crippen LogP contribution < -0.4 is 0 Å². The lowest BCUT2D eigenvalue weighted by Gasteiger charge is -2.47. The molecule has 1 aliphatic heterocycles. The maximum Gasteiger partial charge on any atom is 0.225 e. The molecule has 5 atom stereocenters. The second-order valence-corrected chi connectivity index (χ2v) is 9.82. The van der Waals surface area contributed by atoms with Gasteiger partial charge in [0.25, 0.3) is 0 Å². The molecule has 1 rings (SSSR count). The number of ether oxygens (including phenoxy) is 4. The lowest BCUT2D eigenvalue weighted by Crippen LogP contribution is -2.59. The van der Waals surface area contributed by atoms with Crippen LogP contribution in [0.25, 0.3) is 0 Å². The smallest absolute Gasteiger partial charge is 0.225 e. The van der Waals surface area contributed by atoms with Gasteiger partial charge in [0.05, 0.1) is 6.61 Å². The van der Waals surface area contributed by atoms with Crippen LogP contribution in [0.4, 0.5) is 0 Å². The highest BCUT2D eigenvalue weighted by atomic mass is 31.1. The summed E-state index contributed by atoms with van der Waals surface area (Å²) in [6, 6.07) is 0. The van der Waals surface area contributed by atoms with Crippen molar-refractivity contribution in [3.8, 4) is 0 Å². The summed E-state index contributed by atoms with van der Waals surface area (Å²) in [6.07, 6.45) is 6.82. The molecule has 0 N–H and O–H groups in total. The van der Waals surface area contributed by atoms with Crippen LogP contribution in [-0.4, -0.2) is 56.7 Å². The van der Waals surface area contributed by atoms with Crippen LogP contribution in [0.5, 0.6) is 0 Å². The molecule has 174 valence electrons. The monoisotopic (exact) mass is 436 g/mol. The van der Waals surface area contributed by atoms with Gasteiger partial charge in [0.2, 0.25) is 8.03 Å². The van der Waals surface area contributed by atoms with Gasteiger partial charge in [-0.05, 0) is 32.6 Å². The molecule has 1 aliphatic rings. The Morgan fingerprint density at radius 3 is 2.00 bits per heavy atom. The van der Waals surface area contributed by atoms with Crippen LogP contribution >= 0.6 is 8.03 Å². The molecule has 0 aromatic carbocycles. The van der Waals surface area contributed by atoms with Crippen LogP contribution in [0.2, 0.25) is 0 Å². The quantitative estimate of drug-likeness (QED) is 0.219. The van der Waals surface area contributed by atoms with E-state index in [0.717, 1.165) is 51.4 Å². The minimum Gasteiger partial charge on any atom is -0.379 e. The van der Waals surface area contributed by atoms with Crippen molar-refractivity contribution in [2.45, 2.75) is 110 Å². The highest BCUT2D eigenvalue weighted by Gasteiger charge is 2.55. The summed E-state index contributed by atoms with van der Waals surface area (Å²) in [6.45, 7) is 13.2. The van der Waals surface area contributed by atoms with Crippen molar-refractivity contribution in [2.75, 3.05) is 33.0 Å². The molecular weight excluding hydrogens is 391 g/mol. The summed E-state index contributed by atoms with van der Waals surface area (Å²) in [5, 5.41) is -0.982. The average molecular weight is 437 g/mol. The summed E-state index contributed by atoms with van der Waals surface area (Å²) in [5.41, 5.74) is 0. The molecule has 29 heavy (non-hydrogen) atoms. The lowest BCUT2D eigenvalue weighted by atomic mass is 10.0. The minimum absolute atomic E-state index is 0.352. The third kappa shape index (κ3) is 8.96. The zero-order valence-electron chi connectivity index (χ0n) is 19.4. The van der Waals surface area contributed by atoms with Gasteiger partial charge in [-0.15, -0.1) is 0 Å². The van der Waals surface area contributed by atoms with Crippen molar-refractivity contribution in [3.05, 3.63) is 0 Å². The molecule has 0 amide bonds. The summed E-state index contributed by atoms with van der Waals surface area (Å²) in [5.74, 6) is 0. The van der Waals surface area contributed by atoms with Crippen molar-refractivity contribution >= 4 is 8.03 Å². The third-order valence-electron chi connectivity index (χ3n) is 5.30. The number of hydrogen-bond donors (Lipinski definition) is 0. The van der Waals surface area contributed by atoms with Crippen LogP contribution in [0.1, 0.15) is 86.0 Å². The Bertz CT molecular complexity index is 436. The molecule has 1 heterocycles. The van der Waals surface area contributed by atoms with E-state index < -0.39 is 25.6 Å². The van der Waals surface area contributed by atoms with Gasteiger partial charge in [-0.25, -0.2) is 0 Å². The normalized spacial score (nSPS) is 30.0. The first-order chi connectivity index (χ1) is 14.0. The highest BCUT2D eigenvalue weighted by Crippen LogP contribution is 2.52. The second kappa shape index (κ2) is 15.8. The van der Waals surface area contributed by atoms with E-state index in [1.165, 1.54) is 0 Å². The fourth-order valence-electron chi connectivity index (χ4n) is 3.26. The van der Waals surface area contributed by atoms with Crippen molar-refractivity contribution < 1.29 is 28.0 Å². The van der Waals surface area contributed by atoms with Gasteiger partial charge in [-0.2, -0.15) is 0 Å². The summed E-state index contributed by atoms with van der Waals surface area (Å²) < 4.78 is 43.7. The first-order valence-corrected chi connectivity index (χ1v) is 13.0. The Morgan fingerprint density at radius 2 is 1.38 bits per heavy atom. The van der Waals surface area contributed by atoms with Crippen LogP contribution in [-0.2, 0) is 28.0 Å². The van der Waals surface area contributed by atoms with Gasteiger partial charge < -0.3 is 23.5 Å². The standard InChI is InChI=1S/C22H45O6P/c1-6-10-14-24-18-19-20(25-15-11-7-2)21(26-16-12-8-3)22(5,29(23)28-19)27-17-13-9-4/h19-21,29H,6-18H2,1-5H3/t19-,20-,21+,22?/m1/s1. The summed E-state index contributed by atoms with van der Waals surface area (Å²) >= 11 is 0. The Hall–Kier alpha value is 0.0300. The number of rotatable bonds is 17. The van der Waals surface area contributed by atoms with E-state index in [1.54, 1.807) is 0 Å². The molecule has 7 heteroatoms. The van der Waals surface area contributed by atoms with E-state index in [4.69, 9.17) is 23.5 Å². The molecule has 0 bridgehead atoms. The Kier molecular flexibility index (Phi) is 14.7. The van der Waals surface area contributed by atoms with E-state index in [2.05, 4.69) is 27.7 Å². The topological polar surface area (TPSA) is 63.2 Å². The maximum atomic E-state index is 13.2. The van der Waals surface area contributed by atoms with Crippen molar-refractivity contribution in [3.63, 3.8) is 0 Å². The van der Waals surface area contributed by atoms with Crippen molar-refractivity contribution in [1.29, 1.82) is 0 Å². The van der Waals surface area contributed by atoms with Gasteiger partial charge in [0.1, 0.15) is 18.3 Å². The third-order valence-corrected chi connectivity index (χ3v) is 7.06. The molecule has 1 saturated heterocycles. The van der Waals surface area contributed by atoms with Crippen LogP contribution in [0.15, 0.2) is 0 Å². The molecule has 0 aromatic heterocycles. The SMILES string of the molecule is CCCCOC[C@H]1O[PH](=O)C(C)(OCCCC)[C@@H](OCCCC)[C@@H]1OCCCC. The zero-order chi connectivity index (χ0) is 21.5. The molecule has 6 nitrogen and oxygen atoms in total. The summed E-state index contributed by atoms with van der Waals surface area (Å²) in [4.78, 5) is 0. The second-order valence-electron chi connectivity index (χ2n) is 8.02. The van der Waals surface area contributed by atoms with Gasteiger partial charge in [0, 0.05) is 26.4 Å². The fraction of sp³-hybridized carbons (Fsp3) is 1.00. The Morgan fingerprint density at radius 1 is 0.828 bits per heavy atom. The maximum absolute atomic E-state index is 13.2. The zero-order valence-corrected chi connectivity index (χ0v) is 20.4. The fourth-order valence-corrected chi connectivity index (χ4v) is 4.67. The van der Waals surface area contributed by atoms with Gasteiger partial charge in [0.15, 0.2) is 5.34 Å². The van der Waals surface area contributed by atoms with E-state index in [1.807, 2.05) is 6.92 Å². The van der Waals surface area contributed by atoms with Gasteiger partial charge >= 0.3 is 0 Å². The molecule has 0 aliphatic carbocycles. The largest absolute Gasteiger partial charge is 0.379 e. The number of hydrogen-bond acceptors (Lipinski definition) is 6. The molecule has 1 fully saturated rings. The molecular formula is C22H45O6P. The van der Waals surface area contributed by atoms with E-state index >= 15 is 0 Å². The predicted octanol–water partition coefficient (Wildman–Crippen LogP) is 5.58. The Balaban J connectivity index is 2.99. The van der Waals surface area contributed by atoms with E-state index in [9.17, 15) is 4.57 Å². The number of unbranched alkanes of at least 4 members (excludes halogenated alkanes) is 4. The predicted molar refractivity (Wildman–Crippen MR) is 118 cm³/mol. The minimum atomic E-state index is -2.51. The van der Waals surface area contributed by atoms with Gasteiger partial charge in [-0.1, -0.05) is 53.4 Å². The first kappa shape index (κ1) is 27.1. The molecule has 0 saturated carbocycles. The van der Waals surface area contributed by atoms with E-state index in [-0.39, 0.29) is 6.10 Å². The highest BCUT2D eigenvalue weighted by molar-refractivity contribution is 7.41. The van der Waals surface area contributed by atoms with Crippen molar-refractivity contribution in [2.24, 2.45) is 0 Å². The van der Waals surface area contributed by atoms with E-state index in [0.29, 0.717) is 33.0 Å². The molecule has 0 spiro atoms. The first-order valence-electron chi connectivity index (χ1n) is 11.7. The molecule has 0 aromatic rings.